The molecule has 2 aliphatic heterocycles. The summed E-state index contributed by atoms with van der Waals surface area (Å²) in [4.78, 5) is 15.3. The standard InChI is InChI=1S/C32H28F3N7O4S/c1-4-22-25(34)7-6-18-10-21(43)11-23(26(18)22)29-27(35)30-24(14-36-29)28(19-13-37-42(15-19)47(44,45)40(2)3)38-31(39-30)46-17-32-8-5-9-41(32)16-20(33)12-32/h1,6-7,10-11,13-15,20,43H,5,8-9,12,16-17H2,2-3H3/t20-,32+/m1/s1. The Kier molecular flexibility index (Phi) is 7.34. The molecule has 11 nitrogen and oxygen atoms in total. The van der Waals surface area contributed by atoms with Crippen molar-refractivity contribution >= 4 is 31.9 Å². The largest absolute Gasteiger partial charge is 0.508 e. The van der Waals surface area contributed by atoms with Crippen molar-refractivity contribution in [1.82, 2.24) is 33.3 Å². The van der Waals surface area contributed by atoms with Crippen molar-refractivity contribution in [3.63, 3.8) is 0 Å². The Morgan fingerprint density at radius 3 is 2.77 bits per heavy atom. The van der Waals surface area contributed by atoms with Gasteiger partial charge in [-0.25, -0.2) is 13.2 Å². The number of hydrogen-bond donors (Lipinski definition) is 1. The van der Waals surface area contributed by atoms with Crippen molar-refractivity contribution in [2.45, 2.75) is 31.0 Å². The molecule has 2 fully saturated rings. The first kappa shape index (κ1) is 30.9. The quantitative estimate of drug-likeness (QED) is 0.254. The highest BCUT2D eigenvalue weighted by atomic mass is 32.2. The molecule has 242 valence electrons. The number of rotatable bonds is 7. The topological polar surface area (TPSA) is 127 Å². The van der Waals surface area contributed by atoms with E-state index in [1.807, 2.05) is 4.90 Å². The summed E-state index contributed by atoms with van der Waals surface area (Å²) in [6.45, 7) is 1.08. The summed E-state index contributed by atoms with van der Waals surface area (Å²) in [6, 6.07) is 4.95. The number of phenolic OH excluding ortho intramolecular Hbond substituents is 1. The predicted octanol–water partition coefficient (Wildman–Crippen LogP) is 4.28. The summed E-state index contributed by atoms with van der Waals surface area (Å²) in [7, 11) is -1.29. The summed E-state index contributed by atoms with van der Waals surface area (Å²) in [5, 5.41) is 15.1. The Morgan fingerprint density at radius 1 is 1.19 bits per heavy atom. The van der Waals surface area contributed by atoms with Crippen LogP contribution in [-0.2, 0) is 10.2 Å². The number of aromatic nitrogens is 5. The number of nitrogens with zero attached hydrogens (tertiary/aromatic N) is 7. The van der Waals surface area contributed by atoms with Gasteiger partial charge in [0.25, 0.3) is 0 Å². The number of ether oxygens (including phenoxy) is 1. The third-order valence-electron chi connectivity index (χ3n) is 8.88. The fourth-order valence-corrected chi connectivity index (χ4v) is 7.38. The van der Waals surface area contributed by atoms with Gasteiger partial charge in [0.05, 0.1) is 29.2 Å². The van der Waals surface area contributed by atoms with E-state index in [0.717, 1.165) is 27.4 Å². The molecule has 3 aromatic heterocycles. The summed E-state index contributed by atoms with van der Waals surface area (Å²) in [6.07, 6.45) is 10.3. The average Bonchev–Trinajstić information content (AvgIpc) is 3.75. The van der Waals surface area contributed by atoms with Crippen LogP contribution in [0.4, 0.5) is 13.2 Å². The molecule has 2 atom stereocenters. The van der Waals surface area contributed by atoms with E-state index >= 15 is 4.39 Å². The summed E-state index contributed by atoms with van der Waals surface area (Å²) in [5.74, 6) is 0.420. The fraction of sp³-hybridized carbons (Fsp3) is 0.312. The highest BCUT2D eigenvalue weighted by Gasteiger charge is 2.49. The molecule has 2 aromatic carbocycles. The van der Waals surface area contributed by atoms with Crippen LogP contribution in [0.15, 0.2) is 42.9 Å². The van der Waals surface area contributed by atoms with Crippen LogP contribution in [0.5, 0.6) is 11.8 Å². The van der Waals surface area contributed by atoms with Crippen molar-refractivity contribution in [1.29, 1.82) is 0 Å². The average molecular weight is 664 g/mol. The molecule has 0 spiro atoms. The van der Waals surface area contributed by atoms with Crippen LogP contribution in [0.1, 0.15) is 24.8 Å². The molecule has 5 heterocycles. The Labute approximate surface area is 267 Å². The van der Waals surface area contributed by atoms with Gasteiger partial charge >= 0.3 is 16.2 Å². The molecule has 2 aliphatic rings. The van der Waals surface area contributed by atoms with Gasteiger partial charge in [-0.2, -0.15) is 31.9 Å². The molecular formula is C32H28F3N7O4S. The van der Waals surface area contributed by atoms with Gasteiger partial charge in [0, 0.05) is 55.2 Å². The van der Waals surface area contributed by atoms with E-state index in [1.54, 1.807) is 0 Å². The molecule has 47 heavy (non-hydrogen) atoms. The molecule has 0 bridgehead atoms. The number of terminal acetylenes is 1. The molecule has 0 radical (unpaired) electrons. The van der Waals surface area contributed by atoms with Crippen LogP contribution in [0, 0.1) is 24.0 Å². The van der Waals surface area contributed by atoms with Crippen LogP contribution < -0.4 is 4.74 Å². The Morgan fingerprint density at radius 2 is 2.00 bits per heavy atom. The maximum absolute atomic E-state index is 16.7. The molecule has 0 saturated carbocycles. The number of benzene rings is 2. The molecule has 1 N–H and O–H groups in total. The number of alkyl halides is 1. The van der Waals surface area contributed by atoms with E-state index in [-0.39, 0.29) is 69.2 Å². The summed E-state index contributed by atoms with van der Waals surface area (Å²) >= 11 is 0. The van der Waals surface area contributed by atoms with E-state index in [9.17, 15) is 22.3 Å². The van der Waals surface area contributed by atoms with Crippen LogP contribution in [0.2, 0.25) is 0 Å². The van der Waals surface area contributed by atoms with Crippen molar-refractivity contribution in [2.75, 3.05) is 33.8 Å². The Bertz CT molecular complexity index is 2240. The van der Waals surface area contributed by atoms with E-state index in [1.165, 1.54) is 50.9 Å². The Hall–Kier alpha value is -4.78. The lowest BCUT2D eigenvalue weighted by atomic mass is 9.95. The lowest BCUT2D eigenvalue weighted by molar-refractivity contribution is 0.107. The third kappa shape index (κ3) is 5.03. The zero-order valence-electron chi connectivity index (χ0n) is 25.3. The summed E-state index contributed by atoms with van der Waals surface area (Å²) in [5.41, 5.74) is -0.909. The van der Waals surface area contributed by atoms with Crippen LogP contribution >= 0.6 is 0 Å². The fourth-order valence-electron chi connectivity index (χ4n) is 6.63. The van der Waals surface area contributed by atoms with Crippen LogP contribution in [-0.4, -0.2) is 92.4 Å². The van der Waals surface area contributed by atoms with Gasteiger partial charge < -0.3 is 9.84 Å². The number of aromatic hydroxyl groups is 1. The van der Waals surface area contributed by atoms with Crippen molar-refractivity contribution < 1.29 is 31.4 Å². The van der Waals surface area contributed by atoms with Gasteiger partial charge in [0.1, 0.15) is 35.6 Å². The zero-order valence-corrected chi connectivity index (χ0v) is 26.1. The first-order valence-electron chi connectivity index (χ1n) is 14.7. The SMILES string of the molecule is C#Cc1c(F)ccc2cc(O)cc(-c3ncc4c(-c5cnn(S(=O)(=O)N(C)C)c5)nc(OC[C@@]56CCCN5C[C@H](F)C6)nc4c3F)c12. The smallest absolute Gasteiger partial charge is 0.322 e. The number of halogens is 3. The molecule has 5 aromatic rings. The molecule has 7 rings (SSSR count). The third-order valence-corrected chi connectivity index (χ3v) is 10.5. The first-order chi connectivity index (χ1) is 22.4. The number of pyridine rings is 1. The van der Waals surface area contributed by atoms with E-state index < -0.39 is 33.6 Å². The number of phenols is 1. The summed E-state index contributed by atoms with van der Waals surface area (Å²) < 4.78 is 79.3. The van der Waals surface area contributed by atoms with Crippen molar-refractivity contribution in [2.24, 2.45) is 0 Å². The van der Waals surface area contributed by atoms with Crippen LogP contribution in [0.25, 0.3) is 44.2 Å². The second kappa shape index (κ2) is 11.2. The lowest BCUT2D eigenvalue weighted by Crippen LogP contribution is -2.43. The van der Waals surface area contributed by atoms with Crippen LogP contribution in [0.3, 0.4) is 0 Å². The van der Waals surface area contributed by atoms with Crippen molar-refractivity contribution in [3.8, 4) is 46.6 Å². The first-order valence-corrected chi connectivity index (χ1v) is 16.1. The van der Waals surface area contributed by atoms with Gasteiger partial charge in [-0.1, -0.05) is 12.0 Å². The van der Waals surface area contributed by atoms with Gasteiger partial charge in [0.15, 0.2) is 5.82 Å². The number of fused-ring (bicyclic) bond motifs is 3. The molecule has 0 amide bonds. The van der Waals surface area contributed by atoms with Crippen molar-refractivity contribution in [3.05, 3.63) is 60.1 Å². The Balaban J connectivity index is 1.42. The molecule has 15 heteroatoms. The minimum absolute atomic E-state index is 0.0276. The van der Waals surface area contributed by atoms with Gasteiger partial charge in [-0.15, -0.1) is 6.42 Å². The van der Waals surface area contributed by atoms with Gasteiger partial charge in [-0.3, -0.25) is 9.88 Å². The minimum atomic E-state index is -3.99. The van der Waals surface area contributed by atoms with Gasteiger partial charge in [0.2, 0.25) is 0 Å². The highest BCUT2D eigenvalue weighted by Crippen LogP contribution is 2.41. The second-order valence-corrected chi connectivity index (χ2v) is 14.0. The normalized spacial score (nSPS) is 19.9. The van der Waals surface area contributed by atoms with E-state index in [4.69, 9.17) is 11.2 Å². The number of hydrogen-bond acceptors (Lipinski definition) is 9. The highest BCUT2D eigenvalue weighted by molar-refractivity contribution is 7.87. The molecule has 0 unspecified atom stereocenters. The predicted molar refractivity (Wildman–Crippen MR) is 168 cm³/mol. The maximum Gasteiger partial charge on any atom is 0.322 e. The monoisotopic (exact) mass is 663 g/mol. The lowest BCUT2D eigenvalue weighted by Gasteiger charge is -2.30. The molecule has 2 saturated heterocycles. The van der Waals surface area contributed by atoms with E-state index in [0.29, 0.717) is 18.4 Å². The zero-order chi connectivity index (χ0) is 33.2. The second-order valence-electron chi connectivity index (χ2n) is 12.0. The molecule has 0 aliphatic carbocycles. The molecular weight excluding hydrogens is 635 g/mol. The maximum atomic E-state index is 16.7. The van der Waals surface area contributed by atoms with Gasteiger partial charge in [-0.05, 0) is 43.0 Å². The minimum Gasteiger partial charge on any atom is -0.508 e. The van der Waals surface area contributed by atoms with E-state index in [2.05, 4.69) is 26.0 Å².